The Kier molecular flexibility index (Phi) is 3.94. The van der Waals surface area contributed by atoms with Gasteiger partial charge < -0.3 is 9.64 Å². The van der Waals surface area contributed by atoms with Crippen molar-refractivity contribution >= 4 is 44.4 Å². The first-order valence-corrected chi connectivity index (χ1v) is 9.52. The summed E-state index contributed by atoms with van der Waals surface area (Å²) < 4.78 is 5.78. The van der Waals surface area contributed by atoms with Crippen LogP contribution in [0.25, 0.3) is 20.0 Å². The van der Waals surface area contributed by atoms with E-state index in [4.69, 9.17) is 4.74 Å². The van der Waals surface area contributed by atoms with Crippen molar-refractivity contribution in [2.75, 3.05) is 25.1 Å². The van der Waals surface area contributed by atoms with E-state index < -0.39 is 0 Å². The van der Waals surface area contributed by atoms with E-state index in [-0.39, 0.29) is 5.97 Å². The first-order valence-electron chi connectivity index (χ1n) is 7.89. The summed E-state index contributed by atoms with van der Waals surface area (Å²) in [6.45, 7) is 3.89. The molecule has 1 aromatic carbocycles. The lowest BCUT2D eigenvalue weighted by atomic mass is 10.1. The Morgan fingerprint density at radius 1 is 1.32 bits per heavy atom. The standard InChI is InChI=1S/C18H15N3O2S2/c1-10-15(18(22)23-2)25-17(20-10)14-8-11-6-13(21-4-3-5-21)7-12(9-19)16(11)24-14/h6-8H,3-5H2,1-2H3. The van der Waals surface area contributed by atoms with Crippen LogP contribution in [0, 0.1) is 18.3 Å². The number of ether oxygens (including phenoxy) is 1. The van der Waals surface area contributed by atoms with Crippen LogP contribution < -0.4 is 4.90 Å². The minimum atomic E-state index is -0.361. The van der Waals surface area contributed by atoms with Gasteiger partial charge in [-0.3, -0.25) is 0 Å². The molecule has 2 aromatic heterocycles. The first-order chi connectivity index (χ1) is 12.1. The molecule has 25 heavy (non-hydrogen) atoms. The number of aromatic nitrogens is 1. The summed E-state index contributed by atoms with van der Waals surface area (Å²) in [6.07, 6.45) is 1.20. The number of nitriles is 1. The van der Waals surface area contributed by atoms with Crippen molar-refractivity contribution in [1.29, 1.82) is 5.26 Å². The summed E-state index contributed by atoms with van der Waals surface area (Å²) in [4.78, 5) is 20.1. The van der Waals surface area contributed by atoms with Crippen molar-refractivity contribution in [3.63, 3.8) is 0 Å². The van der Waals surface area contributed by atoms with Gasteiger partial charge >= 0.3 is 5.97 Å². The normalized spacial score (nSPS) is 13.6. The van der Waals surface area contributed by atoms with E-state index >= 15 is 0 Å². The van der Waals surface area contributed by atoms with Gasteiger partial charge in [0.05, 0.1) is 27.9 Å². The minimum Gasteiger partial charge on any atom is -0.465 e. The average Bonchev–Trinajstić information content (AvgIpc) is 3.15. The van der Waals surface area contributed by atoms with Crippen LogP contribution >= 0.6 is 22.7 Å². The smallest absolute Gasteiger partial charge is 0.349 e. The first kappa shape index (κ1) is 16.1. The molecule has 0 atom stereocenters. The molecule has 0 spiro atoms. The third kappa shape index (κ3) is 2.68. The van der Waals surface area contributed by atoms with E-state index in [2.05, 4.69) is 28.1 Å². The number of carbonyl (C=O) groups excluding carboxylic acids is 1. The second kappa shape index (κ2) is 6.14. The molecule has 4 rings (SSSR count). The minimum absolute atomic E-state index is 0.361. The van der Waals surface area contributed by atoms with Gasteiger partial charge in [0.15, 0.2) is 0 Å². The zero-order chi connectivity index (χ0) is 17.6. The lowest BCUT2D eigenvalue weighted by molar-refractivity contribution is 0.0605. The Bertz CT molecular complexity index is 1030. The largest absolute Gasteiger partial charge is 0.465 e. The monoisotopic (exact) mass is 369 g/mol. The molecule has 7 heteroatoms. The van der Waals surface area contributed by atoms with Crippen molar-refractivity contribution in [3.8, 4) is 16.0 Å². The van der Waals surface area contributed by atoms with E-state index in [0.717, 1.165) is 38.7 Å². The summed E-state index contributed by atoms with van der Waals surface area (Å²) in [5, 5.41) is 11.4. The van der Waals surface area contributed by atoms with Crippen LogP contribution in [0.2, 0.25) is 0 Å². The number of carbonyl (C=O) groups is 1. The second-order valence-electron chi connectivity index (χ2n) is 5.90. The molecule has 3 aromatic rings. The van der Waals surface area contributed by atoms with Crippen molar-refractivity contribution < 1.29 is 9.53 Å². The lowest BCUT2D eigenvalue weighted by Crippen LogP contribution is -2.36. The number of hydrogen-bond donors (Lipinski definition) is 0. The number of benzene rings is 1. The van der Waals surface area contributed by atoms with Gasteiger partial charge in [-0.1, -0.05) is 0 Å². The SMILES string of the molecule is COC(=O)c1sc(-c2cc3cc(N4CCC4)cc(C#N)c3s2)nc1C. The van der Waals surface area contributed by atoms with Gasteiger partial charge in [0, 0.05) is 18.8 Å². The quantitative estimate of drug-likeness (QED) is 0.647. The van der Waals surface area contributed by atoms with Crippen LogP contribution in [0.3, 0.4) is 0 Å². The Balaban J connectivity index is 1.81. The van der Waals surface area contributed by atoms with E-state index in [1.54, 1.807) is 11.3 Å². The third-order valence-corrected chi connectivity index (χ3v) is 6.81. The van der Waals surface area contributed by atoms with Gasteiger partial charge in [0.2, 0.25) is 0 Å². The molecule has 1 saturated heterocycles. The van der Waals surface area contributed by atoms with E-state index in [1.165, 1.54) is 24.9 Å². The molecule has 0 aliphatic carbocycles. The maximum Gasteiger partial charge on any atom is 0.349 e. The van der Waals surface area contributed by atoms with Crippen molar-refractivity contribution in [3.05, 3.63) is 34.3 Å². The molecule has 5 nitrogen and oxygen atoms in total. The second-order valence-corrected chi connectivity index (χ2v) is 7.95. The summed E-state index contributed by atoms with van der Waals surface area (Å²) in [5.74, 6) is -0.361. The highest BCUT2D eigenvalue weighted by molar-refractivity contribution is 7.26. The van der Waals surface area contributed by atoms with Gasteiger partial charge in [-0.2, -0.15) is 5.26 Å². The highest BCUT2D eigenvalue weighted by Gasteiger charge is 2.20. The number of thiophene rings is 1. The number of hydrogen-bond acceptors (Lipinski definition) is 7. The fraction of sp³-hybridized carbons (Fsp3) is 0.278. The number of esters is 1. The molecule has 1 aliphatic heterocycles. The molecule has 0 amide bonds. The molecule has 0 saturated carbocycles. The number of anilines is 1. The van der Waals surface area contributed by atoms with E-state index in [1.807, 2.05) is 13.0 Å². The molecule has 126 valence electrons. The number of fused-ring (bicyclic) bond motifs is 1. The van der Waals surface area contributed by atoms with Crippen molar-refractivity contribution in [1.82, 2.24) is 4.98 Å². The molecular formula is C18H15N3O2S2. The lowest BCUT2D eigenvalue weighted by Gasteiger charge is -2.33. The summed E-state index contributed by atoms with van der Waals surface area (Å²) in [7, 11) is 1.37. The molecule has 1 fully saturated rings. The molecule has 3 heterocycles. The van der Waals surface area contributed by atoms with Gasteiger partial charge in [-0.05, 0) is 36.9 Å². The summed E-state index contributed by atoms with van der Waals surface area (Å²) in [6, 6.07) is 8.48. The Hall–Kier alpha value is -2.43. The molecule has 0 N–H and O–H groups in total. The fourth-order valence-corrected chi connectivity index (χ4v) is 5.00. The molecule has 0 unspecified atom stereocenters. The molecule has 0 radical (unpaired) electrons. The molecule has 1 aliphatic rings. The molecule has 0 bridgehead atoms. The van der Waals surface area contributed by atoms with Crippen LogP contribution in [0.1, 0.15) is 27.3 Å². The fourth-order valence-electron chi connectivity index (χ4n) is 2.87. The number of thiazole rings is 1. The number of rotatable bonds is 3. The van der Waals surface area contributed by atoms with Crippen molar-refractivity contribution in [2.45, 2.75) is 13.3 Å². The maximum atomic E-state index is 11.8. The highest BCUT2D eigenvalue weighted by atomic mass is 32.1. The summed E-state index contributed by atoms with van der Waals surface area (Å²) >= 11 is 2.88. The van der Waals surface area contributed by atoms with Crippen LogP contribution in [0.15, 0.2) is 18.2 Å². The topological polar surface area (TPSA) is 66.2 Å². The Morgan fingerprint density at radius 3 is 2.76 bits per heavy atom. The third-order valence-electron chi connectivity index (χ3n) is 4.32. The summed E-state index contributed by atoms with van der Waals surface area (Å²) in [5.41, 5.74) is 2.47. The van der Waals surface area contributed by atoms with Gasteiger partial charge in [0.25, 0.3) is 0 Å². The van der Waals surface area contributed by atoms with Crippen LogP contribution in [0.5, 0.6) is 0 Å². The predicted octanol–water partition coefficient (Wildman–Crippen LogP) is 4.20. The zero-order valence-corrected chi connectivity index (χ0v) is 15.5. The van der Waals surface area contributed by atoms with Crippen LogP contribution in [0.4, 0.5) is 5.69 Å². The van der Waals surface area contributed by atoms with Crippen LogP contribution in [-0.2, 0) is 4.74 Å². The van der Waals surface area contributed by atoms with Crippen LogP contribution in [-0.4, -0.2) is 31.2 Å². The van der Waals surface area contributed by atoms with Crippen molar-refractivity contribution in [2.24, 2.45) is 0 Å². The number of aryl methyl sites for hydroxylation is 1. The number of nitrogens with zero attached hydrogens (tertiary/aromatic N) is 3. The van der Waals surface area contributed by atoms with Gasteiger partial charge in [-0.25, -0.2) is 9.78 Å². The average molecular weight is 369 g/mol. The maximum absolute atomic E-state index is 11.8. The predicted molar refractivity (Wildman–Crippen MR) is 101 cm³/mol. The van der Waals surface area contributed by atoms with Gasteiger partial charge in [-0.15, -0.1) is 22.7 Å². The number of methoxy groups -OCH3 is 1. The Labute approximate surface area is 153 Å². The van der Waals surface area contributed by atoms with E-state index in [9.17, 15) is 10.1 Å². The van der Waals surface area contributed by atoms with E-state index in [0.29, 0.717) is 16.1 Å². The molecular weight excluding hydrogens is 354 g/mol. The zero-order valence-electron chi connectivity index (χ0n) is 13.8. The highest BCUT2D eigenvalue weighted by Crippen LogP contribution is 2.40. The Morgan fingerprint density at radius 2 is 2.12 bits per heavy atom. The van der Waals surface area contributed by atoms with Gasteiger partial charge in [0.1, 0.15) is 16.0 Å².